The second-order valence-corrected chi connectivity index (χ2v) is 2.81. The van der Waals surface area contributed by atoms with Crippen LogP contribution in [0.15, 0.2) is 28.2 Å². The van der Waals surface area contributed by atoms with Gasteiger partial charge in [-0.25, -0.2) is 4.99 Å². The molecular formula is C8H9N3O3Re. The van der Waals surface area contributed by atoms with Gasteiger partial charge in [0.05, 0.1) is 0 Å². The van der Waals surface area contributed by atoms with Crippen LogP contribution in [0, 0.1) is 0 Å². The first-order chi connectivity index (χ1) is 6.68. The summed E-state index contributed by atoms with van der Waals surface area (Å²) in [5.74, 6) is -0.237. The van der Waals surface area contributed by atoms with E-state index in [1.165, 1.54) is 13.1 Å². The average molecular weight is 381 g/mol. The molecular weight excluding hydrogens is 372 g/mol. The van der Waals surface area contributed by atoms with Crippen molar-refractivity contribution in [1.29, 1.82) is 0 Å². The number of rotatable bonds is 1. The summed E-state index contributed by atoms with van der Waals surface area (Å²) >= 11 is 0. The topological polar surface area (TPSA) is 87.7 Å². The fraction of sp³-hybridized carbons (Fsp3) is 0.250. The SMILES string of the molecule is CC(=O)OC1=C2C(=CC=NC2[OH2+])[N-]N1.[Re]. The van der Waals surface area contributed by atoms with Crippen LogP contribution in [0.3, 0.4) is 0 Å². The molecule has 0 spiro atoms. The minimum absolute atomic E-state index is 0. The summed E-state index contributed by atoms with van der Waals surface area (Å²) in [6.45, 7) is 1.29. The summed E-state index contributed by atoms with van der Waals surface area (Å²) in [7, 11) is 0. The zero-order chi connectivity index (χ0) is 10.1. The molecule has 0 amide bonds. The first-order valence-corrected chi connectivity index (χ1v) is 4.03. The number of carbonyl (C=O) groups excluding carboxylic acids is 1. The summed E-state index contributed by atoms with van der Waals surface area (Å²) in [6, 6.07) is 0. The number of hydrogen-bond donors (Lipinski definition) is 1. The standard InChI is InChI=1S/C8H8N3O3.Re/c1-4(12)14-8-6-5(10-11-8)2-3-9-7(6)13;/h2-3,7,13H,1H3,(H-,9,10,11);/q-1;/p+1. The number of nitrogens with zero attached hydrogens (tertiary/aromatic N) is 2. The van der Waals surface area contributed by atoms with Crippen molar-refractivity contribution in [2.75, 3.05) is 0 Å². The van der Waals surface area contributed by atoms with Gasteiger partial charge in [-0.1, -0.05) is 6.08 Å². The summed E-state index contributed by atoms with van der Waals surface area (Å²) in [5, 5.41) is 7.59. The number of ether oxygens (including phenoxy) is 1. The molecule has 1 unspecified atom stereocenters. The van der Waals surface area contributed by atoms with Crippen LogP contribution >= 0.6 is 0 Å². The van der Waals surface area contributed by atoms with E-state index in [1.54, 1.807) is 6.08 Å². The molecule has 6 nitrogen and oxygen atoms in total. The molecule has 0 fully saturated rings. The zero-order valence-electron chi connectivity index (χ0n) is 7.82. The molecule has 3 N–H and O–H groups in total. The number of allylic oxidation sites excluding steroid dienone is 1. The summed E-state index contributed by atoms with van der Waals surface area (Å²) in [6.07, 6.45) is 2.39. The van der Waals surface area contributed by atoms with Crippen molar-refractivity contribution in [3.8, 4) is 0 Å². The minimum atomic E-state index is -0.775. The van der Waals surface area contributed by atoms with Crippen LogP contribution in [0.2, 0.25) is 0 Å². The van der Waals surface area contributed by atoms with E-state index >= 15 is 0 Å². The minimum Gasteiger partial charge on any atom is -0.594 e. The van der Waals surface area contributed by atoms with E-state index in [9.17, 15) is 4.79 Å². The Morgan fingerprint density at radius 2 is 2.47 bits per heavy atom. The third-order valence-electron chi connectivity index (χ3n) is 1.79. The van der Waals surface area contributed by atoms with Crippen LogP contribution in [-0.4, -0.2) is 23.5 Å². The molecule has 2 aliphatic heterocycles. The van der Waals surface area contributed by atoms with E-state index < -0.39 is 12.2 Å². The van der Waals surface area contributed by atoms with Gasteiger partial charge in [0.2, 0.25) is 0 Å². The van der Waals surface area contributed by atoms with E-state index in [0.29, 0.717) is 11.3 Å². The summed E-state index contributed by atoms with van der Waals surface area (Å²) in [5.41, 5.74) is 7.54. The van der Waals surface area contributed by atoms with Crippen molar-refractivity contribution in [3.63, 3.8) is 0 Å². The Labute approximate surface area is 99.7 Å². The van der Waals surface area contributed by atoms with Gasteiger partial charge in [-0.3, -0.25) is 4.79 Å². The van der Waals surface area contributed by atoms with Gasteiger partial charge in [0.15, 0.2) is 5.88 Å². The van der Waals surface area contributed by atoms with Crippen molar-refractivity contribution in [1.82, 2.24) is 5.43 Å². The van der Waals surface area contributed by atoms with Gasteiger partial charge in [-0.15, -0.1) is 5.70 Å². The molecule has 81 valence electrons. The van der Waals surface area contributed by atoms with Gasteiger partial charge >= 0.3 is 5.97 Å². The van der Waals surface area contributed by atoms with Crippen LogP contribution in [0.25, 0.3) is 5.43 Å². The van der Waals surface area contributed by atoms with Crippen LogP contribution in [-0.2, 0) is 30.0 Å². The molecule has 0 saturated heterocycles. The fourth-order valence-corrected chi connectivity index (χ4v) is 1.23. The van der Waals surface area contributed by atoms with Crippen molar-refractivity contribution >= 4 is 12.2 Å². The molecule has 7 heteroatoms. The number of esters is 1. The largest absolute Gasteiger partial charge is 0.594 e. The summed E-state index contributed by atoms with van der Waals surface area (Å²) < 4.78 is 4.85. The third-order valence-corrected chi connectivity index (χ3v) is 1.79. The van der Waals surface area contributed by atoms with E-state index in [0.717, 1.165) is 0 Å². The van der Waals surface area contributed by atoms with Gasteiger partial charge in [0, 0.05) is 33.6 Å². The Bertz CT molecular complexity index is 375. The van der Waals surface area contributed by atoms with Crippen LogP contribution in [0.1, 0.15) is 6.92 Å². The smallest absolute Gasteiger partial charge is 0.309 e. The van der Waals surface area contributed by atoms with Crippen molar-refractivity contribution in [2.24, 2.45) is 4.99 Å². The van der Waals surface area contributed by atoms with Crippen molar-refractivity contribution < 1.29 is 35.1 Å². The van der Waals surface area contributed by atoms with Gasteiger partial charge in [-0.2, -0.15) is 0 Å². The predicted octanol–water partition coefficient (Wildman–Crippen LogP) is -0.331. The van der Waals surface area contributed by atoms with Crippen molar-refractivity contribution in [3.05, 3.63) is 28.7 Å². The summed E-state index contributed by atoms with van der Waals surface area (Å²) in [4.78, 5) is 14.6. The second-order valence-electron chi connectivity index (χ2n) is 2.81. The maximum atomic E-state index is 10.7. The molecule has 0 bridgehead atoms. The third kappa shape index (κ3) is 2.26. The van der Waals surface area contributed by atoms with Gasteiger partial charge in [0.1, 0.15) is 5.57 Å². The van der Waals surface area contributed by atoms with Crippen LogP contribution in [0.5, 0.6) is 0 Å². The molecule has 1 atom stereocenters. The van der Waals surface area contributed by atoms with E-state index in [-0.39, 0.29) is 26.3 Å². The number of carbonyl (C=O) groups is 1. The molecule has 2 rings (SSSR count). The maximum Gasteiger partial charge on any atom is 0.309 e. The Kier molecular flexibility index (Phi) is 3.63. The molecule has 0 saturated carbocycles. The molecule has 1 radical (unpaired) electrons. The maximum absolute atomic E-state index is 10.7. The first kappa shape index (κ1) is 11.9. The van der Waals surface area contributed by atoms with Crippen LogP contribution < -0.4 is 5.43 Å². The van der Waals surface area contributed by atoms with Gasteiger partial charge in [0.25, 0.3) is 6.23 Å². The Balaban J connectivity index is 0.00000112. The number of nitrogens with one attached hydrogen (secondary N) is 1. The number of fused-ring (bicyclic) bond motifs is 1. The van der Waals surface area contributed by atoms with E-state index in [1.807, 2.05) is 0 Å². The zero-order valence-corrected chi connectivity index (χ0v) is 10.5. The number of dihydropyridines is 1. The average Bonchev–Trinajstić information content (AvgIpc) is 2.49. The Morgan fingerprint density at radius 3 is 3.13 bits per heavy atom. The second kappa shape index (κ2) is 4.57. The Morgan fingerprint density at radius 1 is 1.73 bits per heavy atom. The quantitative estimate of drug-likeness (QED) is 0.498. The fourth-order valence-electron chi connectivity index (χ4n) is 1.23. The molecule has 15 heavy (non-hydrogen) atoms. The molecule has 2 heterocycles. The predicted molar refractivity (Wildman–Crippen MR) is 49.3 cm³/mol. The number of aliphatic imine (C=N–C) groups is 1. The van der Waals surface area contributed by atoms with E-state index in [2.05, 4.69) is 15.8 Å². The van der Waals surface area contributed by atoms with Gasteiger partial charge < -0.3 is 20.7 Å². The van der Waals surface area contributed by atoms with Crippen molar-refractivity contribution in [2.45, 2.75) is 13.2 Å². The normalized spacial score (nSPS) is 22.0. The first-order valence-electron chi connectivity index (χ1n) is 4.03. The molecule has 2 aliphatic rings. The Hall–Kier alpha value is -1.16. The van der Waals surface area contributed by atoms with Crippen LogP contribution in [0.4, 0.5) is 0 Å². The monoisotopic (exact) mass is 382 g/mol. The van der Waals surface area contributed by atoms with E-state index in [4.69, 9.17) is 9.84 Å². The molecule has 0 aromatic heterocycles. The number of hydrogen-bond acceptors (Lipinski definition) is 4. The molecule has 0 aromatic rings. The molecule has 0 aromatic carbocycles. The van der Waals surface area contributed by atoms with Gasteiger partial charge in [-0.05, 0) is 0 Å². The molecule has 0 aliphatic carbocycles.